The van der Waals surface area contributed by atoms with E-state index in [-0.39, 0.29) is 11.7 Å². The molecule has 0 heterocycles. The van der Waals surface area contributed by atoms with E-state index in [1.54, 1.807) is 30.3 Å². The van der Waals surface area contributed by atoms with E-state index in [2.05, 4.69) is 6.58 Å². The van der Waals surface area contributed by atoms with Gasteiger partial charge >= 0.3 is 0 Å². The van der Waals surface area contributed by atoms with Gasteiger partial charge in [-0.05, 0) is 30.0 Å². The molecule has 2 rings (SSSR count). The van der Waals surface area contributed by atoms with Gasteiger partial charge in [0.25, 0.3) is 0 Å². The highest BCUT2D eigenvalue weighted by Crippen LogP contribution is 2.45. The molecule has 21 heavy (non-hydrogen) atoms. The van der Waals surface area contributed by atoms with Crippen molar-refractivity contribution in [3.8, 4) is 0 Å². The first-order valence-corrected chi connectivity index (χ1v) is 8.59. The van der Waals surface area contributed by atoms with E-state index in [4.69, 9.17) is 0 Å². The molecule has 4 heteroatoms. The van der Waals surface area contributed by atoms with Gasteiger partial charge in [0.15, 0.2) is 9.84 Å². The van der Waals surface area contributed by atoms with Gasteiger partial charge in [0.05, 0.1) is 10.6 Å². The number of carbonyl (C=O) groups excluding carboxylic acids is 1. The van der Waals surface area contributed by atoms with Gasteiger partial charge in [-0.25, -0.2) is 8.42 Å². The normalized spacial score (nSPS) is 26.3. The quantitative estimate of drug-likeness (QED) is 0.803. The lowest BCUT2D eigenvalue weighted by atomic mass is 9.67. The maximum Gasteiger partial charge on any atom is 0.179 e. The van der Waals surface area contributed by atoms with Gasteiger partial charge in [-0.3, -0.25) is 4.79 Å². The Morgan fingerprint density at radius 3 is 2.52 bits per heavy atom. The van der Waals surface area contributed by atoms with Crippen LogP contribution in [0.4, 0.5) is 0 Å². The van der Waals surface area contributed by atoms with Crippen LogP contribution < -0.4 is 0 Å². The predicted molar refractivity (Wildman–Crippen MR) is 83.7 cm³/mol. The lowest BCUT2D eigenvalue weighted by molar-refractivity contribution is -0.104. The Morgan fingerprint density at radius 2 is 1.95 bits per heavy atom. The molecule has 1 aromatic rings. The van der Waals surface area contributed by atoms with Gasteiger partial charge in [-0.15, -0.1) is 0 Å². The molecule has 0 bridgehead atoms. The van der Waals surface area contributed by atoms with Crippen LogP contribution in [0.3, 0.4) is 0 Å². The largest absolute Gasteiger partial charge is 0.298 e. The minimum absolute atomic E-state index is 0.0325. The summed E-state index contributed by atoms with van der Waals surface area (Å²) in [5.74, 6) is 0.0852. The summed E-state index contributed by atoms with van der Waals surface area (Å²) in [6.45, 7) is 7.87. The zero-order valence-electron chi connectivity index (χ0n) is 12.4. The van der Waals surface area contributed by atoms with Crippen molar-refractivity contribution in [3.05, 3.63) is 54.1 Å². The second-order valence-electron chi connectivity index (χ2n) is 5.88. The fourth-order valence-electron chi connectivity index (χ4n) is 2.77. The molecule has 2 atom stereocenters. The molecular weight excluding hydrogens is 284 g/mol. The monoisotopic (exact) mass is 304 g/mol. The highest BCUT2D eigenvalue weighted by molar-refractivity contribution is 7.91. The Bertz CT molecular complexity index is 686. The molecule has 0 saturated carbocycles. The SMILES string of the molecule is C=C1C(C=O)=CC[C@@H](C)[C@]1(C)CS(=O)(=O)c1ccccc1. The molecule has 3 nitrogen and oxygen atoms in total. The average Bonchev–Trinajstić information content (AvgIpc) is 2.46. The minimum Gasteiger partial charge on any atom is -0.298 e. The fraction of sp³-hybridized carbons (Fsp3) is 0.353. The Labute approximate surface area is 126 Å². The van der Waals surface area contributed by atoms with Crippen molar-refractivity contribution < 1.29 is 13.2 Å². The first-order valence-electron chi connectivity index (χ1n) is 6.94. The molecule has 0 spiro atoms. The molecule has 0 N–H and O–H groups in total. The standard InChI is InChI=1S/C17H20O3S/c1-13-9-10-15(11-18)14(2)17(13,3)12-21(19,20)16-7-5-4-6-8-16/h4-8,10-11,13H,2,9,12H2,1,3H3/t13-,17+/m1/s1. The van der Waals surface area contributed by atoms with Crippen LogP contribution in [-0.4, -0.2) is 20.5 Å². The third-order valence-electron chi connectivity index (χ3n) is 4.54. The van der Waals surface area contributed by atoms with Crippen molar-refractivity contribution in [3.63, 3.8) is 0 Å². The second-order valence-corrected chi connectivity index (χ2v) is 7.87. The summed E-state index contributed by atoms with van der Waals surface area (Å²) in [6.07, 6.45) is 3.30. The van der Waals surface area contributed by atoms with Crippen molar-refractivity contribution in [1.29, 1.82) is 0 Å². The molecule has 112 valence electrons. The van der Waals surface area contributed by atoms with Gasteiger partial charge in [-0.2, -0.15) is 0 Å². The van der Waals surface area contributed by atoms with Crippen molar-refractivity contribution in [2.45, 2.75) is 25.2 Å². The number of benzene rings is 1. The van der Waals surface area contributed by atoms with Gasteiger partial charge in [0.2, 0.25) is 0 Å². The Balaban J connectivity index is 2.39. The molecule has 0 saturated heterocycles. The molecule has 0 unspecified atom stereocenters. The van der Waals surface area contributed by atoms with E-state index in [9.17, 15) is 13.2 Å². The van der Waals surface area contributed by atoms with Crippen LogP contribution in [0.15, 0.2) is 59.0 Å². The molecule has 1 aromatic carbocycles. The van der Waals surface area contributed by atoms with Crippen LogP contribution in [0.1, 0.15) is 20.3 Å². The van der Waals surface area contributed by atoms with Crippen molar-refractivity contribution in [2.75, 3.05) is 5.75 Å². The molecule has 0 aliphatic heterocycles. The third-order valence-corrected chi connectivity index (χ3v) is 6.51. The zero-order chi connectivity index (χ0) is 15.7. The van der Waals surface area contributed by atoms with Crippen LogP contribution in [0.25, 0.3) is 0 Å². The molecule has 0 fully saturated rings. The number of carbonyl (C=O) groups is 1. The summed E-state index contributed by atoms with van der Waals surface area (Å²) in [7, 11) is -3.42. The number of hydrogen-bond donors (Lipinski definition) is 0. The molecule has 0 amide bonds. The predicted octanol–water partition coefficient (Wildman–Crippen LogP) is 3.19. The summed E-state index contributed by atoms with van der Waals surface area (Å²) in [5, 5.41) is 0. The van der Waals surface area contributed by atoms with Crippen molar-refractivity contribution in [2.24, 2.45) is 11.3 Å². The number of aldehydes is 1. The Morgan fingerprint density at radius 1 is 1.33 bits per heavy atom. The molecule has 0 radical (unpaired) electrons. The highest BCUT2D eigenvalue weighted by atomic mass is 32.2. The number of rotatable bonds is 4. The summed E-state index contributed by atoms with van der Waals surface area (Å²) in [4.78, 5) is 11.4. The average molecular weight is 304 g/mol. The molecule has 0 aromatic heterocycles. The summed E-state index contributed by atoms with van der Waals surface area (Å²) in [5.41, 5.74) is 0.522. The minimum atomic E-state index is -3.42. The van der Waals surface area contributed by atoms with E-state index in [1.165, 1.54) is 0 Å². The topological polar surface area (TPSA) is 51.2 Å². The summed E-state index contributed by atoms with van der Waals surface area (Å²) in [6, 6.07) is 8.42. The molecular formula is C17H20O3S. The summed E-state index contributed by atoms with van der Waals surface area (Å²) >= 11 is 0. The maximum atomic E-state index is 12.6. The summed E-state index contributed by atoms with van der Waals surface area (Å²) < 4.78 is 25.3. The zero-order valence-corrected chi connectivity index (χ0v) is 13.2. The van der Waals surface area contributed by atoms with Crippen LogP contribution in [-0.2, 0) is 14.6 Å². The lowest BCUT2D eigenvalue weighted by Crippen LogP contribution is -2.38. The highest BCUT2D eigenvalue weighted by Gasteiger charge is 2.41. The second kappa shape index (κ2) is 5.60. The van der Waals surface area contributed by atoms with E-state index < -0.39 is 15.3 Å². The molecule has 1 aliphatic carbocycles. The van der Waals surface area contributed by atoms with E-state index in [0.29, 0.717) is 22.5 Å². The van der Waals surface area contributed by atoms with E-state index in [1.807, 2.05) is 19.9 Å². The van der Waals surface area contributed by atoms with Gasteiger partial charge in [-0.1, -0.05) is 44.7 Å². The number of allylic oxidation sites excluding steroid dienone is 3. The van der Waals surface area contributed by atoms with E-state index in [0.717, 1.165) is 6.29 Å². The number of sulfone groups is 1. The van der Waals surface area contributed by atoms with Crippen LogP contribution >= 0.6 is 0 Å². The van der Waals surface area contributed by atoms with Crippen molar-refractivity contribution >= 4 is 16.1 Å². The maximum absolute atomic E-state index is 12.6. The van der Waals surface area contributed by atoms with Gasteiger partial charge in [0, 0.05) is 11.0 Å². The number of hydrogen-bond acceptors (Lipinski definition) is 3. The van der Waals surface area contributed by atoms with Crippen LogP contribution in [0, 0.1) is 11.3 Å². The van der Waals surface area contributed by atoms with E-state index >= 15 is 0 Å². The lowest BCUT2D eigenvalue weighted by Gasteiger charge is -2.40. The Hall–Kier alpha value is -1.68. The first kappa shape index (κ1) is 15.7. The van der Waals surface area contributed by atoms with Crippen molar-refractivity contribution in [1.82, 2.24) is 0 Å². The fourth-order valence-corrected chi connectivity index (χ4v) is 4.76. The van der Waals surface area contributed by atoms with Gasteiger partial charge in [0.1, 0.15) is 6.29 Å². The van der Waals surface area contributed by atoms with Crippen LogP contribution in [0.2, 0.25) is 0 Å². The third kappa shape index (κ3) is 2.86. The van der Waals surface area contributed by atoms with Crippen LogP contribution in [0.5, 0.6) is 0 Å². The molecule has 1 aliphatic rings. The van der Waals surface area contributed by atoms with Gasteiger partial charge < -0.3 is 0 Å². The Kier molecular flexibility index (Phi) is 4.19. The first-order chi connectivity index (χ1) is 9.81. The smallest absolute Gasteiger partial charge is 0.179 e.